The van der Waals surface area contributed by atoms with Crippen LogP contribution in [0.5, 0.6) is 0 Å². The van der Waals surface area contributed by atoms with Gasteiger partial charge in [-0.1, -0.05) is 48.5 Å². The maximum absolute atomic E-state index is 5.38. The largest absolute Gasteiger partial charge is 0.332 e. The molecular weight excluding hydrogens is 276 g/mol. The smallest absolute Gasteiger partial charge is 0.175 e. The number of fused-ring (bicyclic) bond motifs is 1. The van der Waals surface area contributed by atoms with E-state index in [0.29, 0.717) is 5.11 Å². The molecule has 3 rings (SSSR count). The third kappa shape index (κ3) is 3.20. The summed E-state index contributed by atoms with van der Waals surface area (Å²) in [5, 5.41) is 9.47. The monoisotopic (exact) mass is 292 g/mol. The summed E-state index contributed by atoms with van der Waals surface area (Å²) in [6.07, 6.45) is 0. The Labute approximate surface area is 129 Å². The fourth-order valence-corrected chi connectivity index (χ4v) is 2.49. The SMILES string of the molecule is Cc1ccccc1NC(=S)Nc1ccc2ccccc2c1. The van der Waals surface area contributed by atoms with Gasteiger partial charge in [0.15, 0.2) is 5.11 Å². The van der Waals surface area contributed by atoms with Crippen LogP contribution in [-0.4, -0.2) is 5.11 Å². The number of aryl methyl sites for hydroxylation is 1. The minimum absolute atomic E-state index is 0.597. The van der Waals surface area contributed by atoms with Gasteiger partial charge in [0.1, 0.15) is 0 Å². The quantitative estimate of drug-likeness (QED) is 0.653. The van der Waals surface area contributed by atoms with Gasteiger partial charge in [-0.2, -0.15) is 0 Å². The van der Waals surface area contributed by atoms with Crippen molar-refractivity contribution in [1.82, 2.24) is 0 Å². The first-order chi connectivity index (χ1) is 10.2. The van der Waals surface area contributed by atoms with Crippen molar-refractivity contribution >= 4 is 39.5 Å². The van der Waals surface area contributed by atoms with Crippen LogP contribution in [0.15, 0.2) is 66.7 Å². The van der Waals surface area contributed by atoms with Gasteiger partial charge < -0.3 is 10.6 Å². The molecule has 0 unspecified atom stereocenters. The molecule has 0 saturated heterocycles. The Kier molecular flexibility index (Phi) is 3.84. The predicted molar refractivity (Wildman–Crippen MR) is 95.0 cm³/mol. The topological polar surface area (TPSA) is 24.1 Å². The molecule has 2 nitrogen and oxygen atoms in total. The summed E-state index contributed by atoms with van der Waals surface area (Å²) < 4.78 is 0. The fourth-order valence-electron chi connectivity index (χ4n) is 2.26. The molecule has 21 heavy (non-hydrogen) atoms. The summed E-state index contributed by atoms with van der Waals surface area (Å²) in [6.45, 7) is 2.06. The Morgan fingerprint density at radius 2 is 1.52 bits per heavy atom. The molecule has 3 heteroatoms. The number of anilines is 2. The van der Waals surface area contributed by atoms with Crippen molar-refractivity contribution in [2.24, 2.45) is 0 Å². The minimum atomic E-state index is 0.597. The van der Waals surface area contributed by atoms with Crippen LogP contribution >= 0.6 is 12.2 Å². The zero-order valence-electron chi connectivity index (χ0n) is 11.8. The van der Waals surface area contributed by atoms with Crippen LogP contribution in [0.4, 0.5) is 11.4 Å². The Morgan fingerprint density at radius 3 is 2.33 bits per heavy atom. The molecule has 104 valence electrons. The second-order valence-corrected chi connectivity index (χ2v) is 5.36. The van der Waals surface area contributed by atoms with E-state index in [9.17, 15) is 0 Å². The zero-order valence-corrected chi connectivity index (χ0v) is 12.6. The highest BCUT2D eigenvalue weighted by Crippen LogP contribution is 2.19. The minimum Gasteiger partial charge on any atom is -0.332 e. The molecule has 0 aromatic heterocycles. The number of thiocarbonyl (C=S) groups is 1. The molecule has 0 radical (unpaired) electrons. The summed E-state index contributed by atoms with van der Waals surface area (Å²) >= 11 is 5.38. The molecule has 0 aliphatic heterocycles. The van der Waals surface area contributed by atoms with E-state index in [1.54, 1.807) is 0 Å². The Morgan fingerprint density at radius 1 is 0.810 bits per heavy atom. The van der Waals surface area contributed by atoms with E-state index in [0.717, 1.165) is 11.4 Å². The molecule has 0 fully saturated rings. The summed E-state index contributed by atoms with van der Waals surface area (Å²) in [5.41, 5.74) is 3.18. The maximum Gasteiger partial charge on any atom is 0.175 e. The van der Waals surface area contributed by atoms with Gasteiger partial charge >= 0.3 is 0 Å². The number of nitrogens with one attached hydrogen (secondary N) is 2. The number of benzene rings is 3. The predicted octanol–water partition coefficient (Wildman–Crippen LogP) is 4.96. The van der Waals surface area contributed by atoms with Crippen LogP contribution in [0.25, 0.3) is 10.8 Å². The van der Waals surface area contributed by atoms with E-state index in [1.165, 1.54) is 16.3 Å². The molecular formula is C18H16N2S. The van der Waals surface area contributed by atoms with Gasteiger partial charge in [-0.3, -0.25) is 0 Å². The second-order valence-electron chi connectivity index (χ2n) is 4.96. The van der Waals surface area contributed by atoms with Crippen LogP contribution in [0.3, 0.4) is 0 Å². The first-order valence-corrected chi connectivity index (χ1v) is 7.26. The number of hydrogen-bond donors (Lipinski definition) is 2. The summed E-state index contributed by atoms with van der Waals surface area (Å²) in [4.78, 5) is 0. The van der Waals surface area contributed by atoms with Crippen LogP contribution in [-0.2, 0) is 0 Å². The number of para-hydroxylation sites is 1. The van der Waals surface area contributed by atoms with Gasteiger partial charge in [0.05, 0.1) is 0 Å². The molecule has 0 heterocycles. The van der Waals surface area contributed by atoms with Crippen molar-refractivity contribution in [1.29, 1.82) is 0 Å². The summed E-state index contributed by atoms with van der Waals surface area (Å²) in [6, 6.07) is 22.6. The molecule has 3 aromatic rings. The molecule has 0 bridgehead atoms. The van der Waals surface area contributed by atoms with E-state index in [4.69, 9.17) is 12.2 Å². The molecule has 0 saturated carbocycles. The number of rotatable bonds is 2. The third-order valence-corrected chi connectivity index (χ3v) is 3.60. The highest BCUT2D eigenvalue weighted by atomic mass is 32.1. The average molecular weight is 292 g/mol. The van der Waals surface area contributed by atoms with Gasteiger partial charge in [-0.15, -0.1) is 0 Å². The number of hydrogen-bond acceptors (Lipinski definition) is 1. The van der Waals surface area contributed by atoms with Crippen LogP contribution in [0.2, 0.25) is 0 Å². The van der Waals surface area contributed by atoms with Crippen molar-refractivity contribution in [3.63, 3.8) is 0 Å². The summed E-state index contributed by atoms with van der Waals surface area (Å²) in [5.74, 6) is 0. The van der Waals surface area contributed by atoms with Gasteiger partial charge in [0.25, 0.3) is 0 Å². The molecule has 0 aliphatic rings. The van der Waals surface area contributed by atoms with Crippen molar-refractivity contribution in [3.8, 4) is 0 Å². The zero-order chi connectivity index (χ0) is 14.7. The van der Waals surface area contributed by atoms with E-state index >= 15 is 0 Å². The third-order valence-electron chi connectivity index (χ3n) is 3.40. The van der Waals surface area contributed by atoms with E-state index in [2.05, 4.69) is 47.9 Å². The lowest BCUT2D eigenvalue weighted by Crippen LogP contribution is -2.19. The van der Waals surface area contributed by atoms with Crippen LogP contribution in [0, 0.1) is 6.92 Å². The lowest BCUT2D eigenvalue weighted by atomic mass is 10.1. The van der Waals surface area contributed by atoms with Crippen molar-refractivity contribution in [2.45, 2.75) is 6.92 Å². The first kappa shape index (κ1) is 13.6. The van der Waals surface area contributed by atoms with E-state index < -0.39 is 0 Å². The van der Waals surface area contributed by atoms with Gasteiger partial charge in [0.2, 0.25) is 0 Å². The lowest BCUT2D eigenvalue weighted by Gasteiger charge is -2.12. The van der Waals surface area contributed by atoms with E-state index in [1.807, 2.05) is 36.4 Å². The normalized spacial score (nSPS) is 10.3. The molecule has 0 aliphatic carbocycles. The van der Waals surface area contributed by atoms with Gasteiger partial charge in [0, 0.05) is 11.4 Å². The van der Waals surface area contributed by atoms with E-state index in [-0.39, 0.29) is 0 Å². The van der Waals surface area contributed by atoms with Crippen molar-refractivity contribution < 1.29 is 0 Å². The van der Waals surface area contributed by atoms with Crippen LogP contribution < -0.4 is 10.6 Å². The fraction of sp³-hybridized carbons (Fsp3) is 0.0556. The standard InChI is InChI=1S/C18H16N2S/c1-13-6-2-5-9-17(13)20-18(21)19-16-11-10-14-7-3-4-8-15(14)12-16/h2-12H,1H3,(H2,19,20,21). The van der Waals surface area contributed by atoms with Crippen molar-refractivity contribution in [2.75, 3.05) is 10.6 Å². The van der Waals surface area contributed by atoms with Crippen LogP contribution in [0.1, 0.15) is 5.56 Å². The Balaban J connectivity index is 1.75. The summed E-state index contributed by atoms with van der Waals surface area (Å²) in [7, 11) is 0. The molecule has 3 aromatic carbocycles. The van der Waals surface area contributed by atoms with Crippen molar-refractivity contribution in [3.05, 3.63) is 72.3 Å². The van der Waals surface area contributed by atoms with Gasteiger partial charge in [-0.25, -0.2) is 0 Å². The lowest BCUT2D eigenvalue weighted by molar-refractivity contribution is 1.45. The molecule has 0 spiro atoms. The second kappa shape index (κ2) is 5.94. The molecule has 0 amide bonds. The maximum atomic E-state index is 5.38. The molecule has 2 N–H and O–H groups in total. The highest BCUT2D eigenvalue weighted by Gasteiger charge is 2.02. The Bertz CT molecular complexity index is 796. The highest BCUT2D eigenvalue weighted by molar-refractivity contribution is 7.80. The first-order valence-electron chi connectivity index (χ1n) is 6.85. The Hall–Kier alpha value is -2.39. The average Bonchev–Trinajstić information content (AvgIpc) is 2.49. The molecule has 0 atom stereocenters. The van der Waals surface area contributed by atoms with Gasteiger partial charge in [-0.05, 0) is 53.7 Å².